The van der Waals surface area contributed by atoms with Crippen LogP contribution in [-0.4, -0.2) is 6.04 Å². The molecule has 2 fully saturated rings. The average molecular weight is 292 g/mol. The van der Waals surface area contributed by atoms with Gasteiger partial charge >= 0.3 is 0 Å². The van der Waals surface area contributed by atoms with Crippen LogP contribution in [0.1, 0.15) is 75.6 Å². The molecule has 2 saturated carbocycles. The average Bonchev–Trinajstić information content (AvgIpc) is 3.19. The summed E-state index contributed by atoms with van der Waals surface area (Å²) in [4.78, 5) is 1.57. The number of nitrogens with one attached hydrogen (secondary N) is 1. The molecule has 0 aromatic carbocycles. The van der Waals surface area contributed by atoms with Crippen LogP contribution < -0.4 is 5.32 Å². The standard InChI is InChI=1S/C18H29NS/c1-14(15-8-3-2-4-9-15)19-18(16-10-5-6-11-16)17-12-7-13-20-17/h7,12-16,18-19H,2-6,8-11H2,1H3. The van der Waals surface area contributed by atoms with Gasteiger partial charge in [-0.25, -0.2) is 0 Å². The van der Waals surface area contributed by atoms with Crippen molar-refractivity contribution in [2.75, 3.05) is 0 Å². The summed E-state index contributed by atoms with van der Waals surface area (Å²) >= 11 is 1.94. The first-order valence-corrected chi connectivity index (χ1v) is 9.52. The van der Waals surface area contributed by atoms with Crippen molar-refractivity contribution in [2.24, 2.45) is 11.8 Å². The largest absolute Gasteiger partial charge is 0.306 e. The van der Waals surface area contributed by atoms with Crippen molar-refractivity contribution >= 4 is 11.3 Å². The van der Waals surface area contributed by atoms with E-state index in [9.17, 15) is 0 Å². The fourth-order valence-corrected chi connectivity index (χ4v) is 5.14. The molecular formula is C18H29NS. The van der Waals surface area contributed by atoms with E-state index in [2.05, 4.69) is 29.8 Å². The van der Waals surface area contributed by atoms with Crippen molar-refractivity contribution in [3.8, 4) is 0 Å². The molecule has 1 nitrogen and oxygen atoms in total. The van der Waals surface area contributed by atoms with Crippen LogP contribution in [0.25, 0.3) is 0 Å². The molecule has 20 heavy (non-hydrogen) atoms. The van der Waals surface area contributed by atoms with Gasteiger partial charge in [0.25, 0.3) is 0 Å². The Balaban J connectivity index is 1.66. The van der Waals surface area contributed by atoms with Crippen molar-refractivity contribution in [3.05, 3.63) is 22.4 Å². The highest BCUT2D eigenvalue weighted by Crippen LogP contribution is 2.38. The Kier molecular flexibility index (Phi) is 5.17. The maximum absolute atomic E-state index is 4.04. The predicted molar refractivity (Wildman–Crippen MR) is 88.2 cm³/mol. The molecule has 2 unspecified atom stereocenters. The monoisotopic (exact) mass is 291 g/mol. The van der Waals surface area contributed by atoms with Crippen LogP contribution in [0.3, 0.4) is 0 Å². The van der Waals surface area contributed by atoms with Gasteiger partial charge in [-0.15, -0.1) is 11.3 Å². The van der Waals surface area contributed by atoms with Gasteiger partial charge in [0.15, 0.2) is 0 Å². The number of hydrogen-bond donors (Lipinski definition) is 1. The topological polar surface area (TPSA) is 12.0 Å². The molecule has 0 saturated heterocycles. The summed E-state index contributed by atoms with van der Waals surface area (Å²) in [7, 11) is 0. The van der Waals surface area contributed by atoms with E-state index in [1.165, 1.54) is 57.8 Å². The lowest BCUT2D eigenvalue weighted by molar-refractivity contribution is 0.239. The van der Waals surface area contributed by atoms with Crippen LogP contribution >= 0.6 is 11.3 Å². The molecule has 0 radical (unpaired) electrons. The lowest BCUT2D eigenvalue weighted by Crippen LogP contribution is -2.39. The molecule has 112 valence electrons. The summed E-state index contributed by atoms with van der Waals surface area (Å²) in [5.74, 6) is 1.78. The molecule has 2 aliphatic rings. The lowest BCUT2D eigenvalue weighted by atomic mass is 9.83. The predicted octanol–water partition coefficient (Wildman–Crippen LogP) is 5.54. The van der Waals surface area contributed by atoms with E-state index in [4.69, 9.17) is 0 Å². The van der Waals surface area contributed by atoms with Gasteiger partial charge in [0.1, 0.15) is 0 Å². The summed E-state index contributed by atoms with van der Waals surface area (Å²) in [6.45, 7) is 2.44. The number of hydrogen-bond acceptors (Lipinski definition) is 2. The van der Waals surface area contributed by atoms with Crippen LogP contribution in [0.5, 0.6) is 0 Å². The summed E-state index contributed by atoms with van der Waals surface area (Å²) in [6, 6.07) is 5.86. The highest BCUT2D eigenvalue weighted by molar-refractivity contribution is 7.10. The Bertz CT molecular complexity index is 374. The van der Waals surface area contributed by atoms with Gasteiger partial charge in [0.05, 0.1) is 0 Å². The van der Waals surface area contributed by atoms with Crippen LogP contribution in [0.4, 0.5) is 0 Å². The van der Waals surface area contributed by atoms with E-state index in [-0.39, 0.29) is 0 Å². The molecule has 1 aromatic heterocycles. The third-order valence-corrected chi connectivity index (χ3v) is 6.48. The van der Waals surface area contributed by atoms with E-state index in [1.54, 1.807) is 4.88 Å². The van der Waals surface area contributed by atoms with E-state index in [0.717, 1.165) is 11.8 Å². The van der Waals surface area contributed by atoms with E-state index in [0.29, 0.717) is 12.1 Å². The van der Waals surface area contributed by atoms with E-state index < -0.39 is 0 Å². The lowest BCUT2D eigenvalue weighted by Gasteiger charge is -2.34. The molecule has 2 atom stereocenters. The zero-order valence-corrected chi connectivity index (χ0v) is 13.6. The fraction of sp³-hybridized carbons (Fsp3) is 0.778. The smallest absolute Gasteiger partial charge is 0.0445 e. The molecule has 2 heteroatoms. The van der Waals surface area contributed by atoms with Gasteiger partial charge in [-0.3, -0.25) is 0 Å². The normalized spacial score (nSPS) is 24.9. The molecule has 1 heterocycles. The van der Waals surface area contributed by atoms with Crippen LogP contribution in [0.15, 0.2) is 17.5 Å². The van der Waals surface area contributed by atoms with Gasteiger partial charge in [0, 0.05) is 17.0 Å². The summed E-state index contributed by atoms with van der Waals surface area (Å²) in [5.41, 5.74) is 0. The van der Waals surface area contributed by atoms with Crippen molar-refractivity contribution in [2.45, 2.75) is 76.8 Å². The van der Waals surface area contributed by atoms with Gasteiger partial charge in [-0.1, -0.05) is 38.2 Å². The Morgan fingerprint density at radius 3 is 2.30 bits per heavy atom. The van der Waals surface area contributed by atoms with Crippen molar-refractivity contribution in [1.82, 2.24) is 5.32 Å². The zero-order chi connectivity index (χ0) is 13.8. The Labute approximate surface area is 128 Å². The molecule has 0 aliphatic heterocycles. The minimum atomic E-state index is 0.620. The Morgan fingerprint density at radius 2 is 1.65 bits per heavy atom. The first-order chi connectivity index (χ1) is 9.84. The van der Waals surface area contributed by atoms with Gasteiger partial charge in [-0.05, 0) is 55.9 Å². The number of thiophene rings is 1. The summed E-state index contributed by atoms with van der Waals surface area (Å²) in [6.07, 6.45) is 13.0. The van der Waals surface area contributed by atoms with Gasteiger partial charge < -0.3 is 5.32 Å². The molecule has 2 aliphatic carbocycles. The van der Waals surface area contributed by atoms with E-state index in [1.807, 2.05) is 11.3 Å². The summed E-state index contributed by atoms with van der Waals surface area (Å²) in [5, 5.41) is 6.28. The minimum absolute atomic E-state index is 0.620. The second kappa shape index (κ2) is 7.09. The molecule has 0 bridgehead atoms. The molecule has 1 aromatic rings. The van der Waals surface area contributed by atoms with Gasteiger partial charge in [0.2, 0.25) is 0 Å². The summed E-state index contributed by atoms with van der Waals surface area (Å²) < 4.78 is 0. The van der Waals surface area contributed by atoms with Crippen molar-refractivity contribution in [3.63, 3.8) is 0 Å². The highest BCUT2D eigenvalue weighted by atomic mass is 32.1. The van der Waals surface area contributed by atoms with Crippen molar-refractivity contribution < 1.29 is 0 Å². The maximum Gasteiger partial charge on any atom is 0.0445 e. The quantitative estimate of drug-likeness (QED) is 0.751. The van der Waals surface area contributed by atoms with Gasteiger partial charge in [-0.2, -0.15) is 0 Å². The van der Waals surface area contributed by atoms with E-state index >= 15 is 0 Å². The second-order valence-corrected chi connectivity index (χ2v) is 7.87. The minimum Gasteiger partial charge on any atom is -0.306 e. The van der Waals surface area contributed by atoms with Crippen molar-refractivity contribution in [1.29, 1.82) is 0 Å². The fourth-order valence-electron chi connectivity index (χ4n) is 4.26. The number of rotatable bonds is 5. The second-order valence-electron chi connectivity index (χ2n) is 6.89. The van der Waals surface area contributed by atoms with Crippen LogP contribution in [0.2, 0.25) is 0 Å². The molecule has 0 amide bonds. The van der Waals surface area contributed by atoms with Crippen LogP contribution in [-0.2, 0) is 0 Å². The Hall–Kier alpha value is -0.340. The Morgan fingerprint density at radius 1 is 1.00 bits per heavy atom. The molecule has 1 N–H and O–H groups in total. The maximum atomic E-state index is 4.04. The first-order valence-electron chi connectivity index (χ1n) is 8.64. The molecule has 3 rings (SSSR count). The first kappa shape index (κ1) is 14.6. The SMILES string of the molecule is CC(NC(c1cccs1)C1CCCC1)C1CCCCC1. The third kappa shape index (κ3) is 3.46. The highest BCUT2D eigenvalue weighted by Gasteiger charge is 2.30. The molecule has 0 spiro atoms. The molecular weight excluding hydrogens is 262 g/mol. The zero-order valence-electron chi connectivity index (χ0n) is 12.8. The van der Waals surface area contributed by atoms with Crippen LogP contribution in [0, 0.1) is 11.8 Å². The third-order valence-electron chi connectivity index (χ3n) is 5.52.